The Hall–Kier alpha value is -2.04. The van der Waals surface area contributed by atoms with E-state index in [1.807, 2.05) is 13.1 Å². The number of fused-ring (bicyclic) bond motifs is 2. The number of ether oxygens (including phenoxy) is 1. The Labute approximate surface area is 91.6 Å². The summed E-state index contributed by atoms with van der Waals surface area (Å²) >= 11 is 0. The van der Waals surface area contributed by atoms with Crippen molar-refractivity contribution >= 4 is 23.1 Å². The maximum Gasteiger partial charge on any atom is 0.260 e. The standard InChI is InChI=1S/C11H10N2O3/c1-13-2-3-15-10-5-9-7(4-8(10)13)12-11(6-14)16-9/h4-6H,2-3H2,1H3. The number of nitrogens with zero attached hydrogens (tertiary/aromatic N) is 2. The molecule has 0 amide bonds. The lowest BCUT2D eigenvalue weighted by atomic mass is 10.2. The van der Waals surface area contributed by atoms with Crippen LogP contribution in [0.5, 0.6) is 5.75 Å². The van der Waals surface area contributed by atoms with Crippen molar-refractivity contribution in [3.8, 4) is 5.75 Å². The molecule has 0 aliphatic carbocycles. The lowest BCUT2D eigenvalue weighted by Crippen LogP contribution is -2.28. The predicted molar refractivity (Wildman–Crippen MR) is 58.2 cm³/mol. The number of oxazole rings is 1. The third-order valence-electron chi connectivity index (χ3n) is 2.68. The van der Waals surface area contributed by atoms with Crippen molar-refractivity contribution in [2.45, 2.75) is 0 Å². The zero-order valence-electron chi connectivity index (χ0n) is 8.77. The van der Waals surface area contributed by atoms with Crippen LogP contribution in [0, 0.1) is 0 Å². The molecule has 1 aromatic heterocycles. The van der Waals surface area contributed by atoms with Gasteiger partial charge in [-0.1, -0.05) is 0 Å². The third-order valence-corrected chi connectivity index (χ3v) is 2.68. The van der Waals surface area contributed by atoms with Crippen molar-refractivity contribution in [2.75, 3.05) is 25.1 Å². The first-order valence-electron chi connectivity index (χ1n) is 5.01. The van der Waals surface area contributed by atoms with Gasteiger partial charge in [0.1, 0.15) is 17.9 Å². The third kappa shape index (κ3) is 1.25. The first-order valence-corrected chi connectivity index (χ1v) is 5.01. The molecule has 0 N–H and O–H groups in total. The van der Waals surface area contributed by atoms with Gasteiger partial charge in [0.05, 0.1) is 12.2 Å². The highest BCUT2D eigenvalue weighted by molar-refractivity contribution is 5.85. The van der Waals surface area contributed by atoms with Crippen LogP contribution in [0.15, 0.2) is 16.5 Å². The minimum Gasteiger partial charge on any atom is -0.489 e. The number of rotatable bonds is 1. The van der Waals surface area contributed by atoms with E-state index < -0.39 is 0 Å². The molecule has 0 saturated carbocycles. The number of carbonyl (C=O) groups is 1. The Balaban J connectivity index is 2.23. The molecule has 0 spiro atoms. The number of carbonyl (C=O) groups excluding carboxylic acids is 1. The van der Waals surface area contributed by atoms with Crippen molar-refractivity contribution < 1.29 is 13.9 Å². The van der Waals surface area contributed by atoms with E-state index in [-0.39, 0.29) is 5.89 Å². The largest absolute Gasteiger partial charge is 0.489 e. The maximum atomic E-state index is 10.6. The highest BCUT2D eigenvalue weighted by atomic mass is 16.5. The Morgan fingerprint density at radius 3 is 3.19 bits per heavy atom. The fourth-order valence-corrected chi connectivity index (χ4v) is 1.84. The van der Waals surface area contributed by atoms with E-state index in [0.29, 0.717) is 24.0 Å². The summed E-state index contributed by atoms with van der Waals surface area (Å²) < 4.78 is 10.8. The van der Waals surface area contributed by atoms with Gasteiger partial charge in [0.2, 0.25) is 6.29 Å². The number of aromatic nitrogens is 1. The van der Waals surface area contributed by atoms with Crippen molar-refractivity contribution in [3.05, 3.63) is 18.0 Å². The zero-order valence-corrected chi connectivity index (χ0v) is 8.77. The predicted octanol–water partition coefficient (Wildman–Crippen LogP) is 1.47. The first-order chi connectivity index (χ1) is 7.78. The SMILES string of the molecule is CN1CCOc2cc3oc(C=O)nc3cc21. The molecule has 1 aliphatic heterocycles. The van der Waals surface area contributed by atoms with Crippen LogP contribution >= 0.6 is 0 Å². The van der Waals surface area contributed by atoms with Gasteiger partial charge in [-0.05, 0) is 6.07 Å². The van der Waals surface area contributed by atoms with Crippen LogP contribution in [0.4, 0.5) is 5.69 Å². The number of hydrogen-bond acceptors (Lipinski definition) is 5. The van der Waals surface area contributed by atoms with Crippen molar-refractivity contribution in [2.24, 2.45) is 0 Å². The van der Waals surface area contributed by atoms with E-state index in [4.69, 9.17) is 9.15 Å². The minimum absolute atomic E-state index is 0.0972. The number of likely N-dealkylation sites (N-methyl/N-ethyl adjacent to an activating group) is 1. The van der Waals surface area contributed by atoms with E-state index >= 15 is 0 Å². The molecule has 5 nitrogen and oxygen atoms in total. The molecule has 1 aliphatic rings. The maximum absolute atomic E-state index is 10.6. The van der Waals surface area contributed by atoms with E-state index in [1.165, 1.54) is 0 Å². The van der Waals surface area contributed by atoms with Crippen LogP contribution in [0.25, 0.3) is 11.1 Å². The highest BCUT2D eigenvalue weighted by Gasteiger charge is 2.18. The summed E-state index contributed by atoms with van der Waals surface area (Å²) in [6.07, 6.45) is 0.601. The molecule has 5 heteroatoms. The molecule has 3 rings (SSSR count). The molecule has 0 radical (unpaired) electrons. The number of aldehydes is 1. The van der Waals surface area contributed by atoms with Gasteiger partial charge in [-0.25, -0.2) is 4.98 Å². The first kappa shape index (κ1) is 9.21. The van der Waals surface area contributed by atoms with Crippen molar-refractivity contribution in [3.63, 3.8) is 0 Å². The molecular weight excluding hydrogens is 208 g/mol. The summed E-state index contributed by atoms with van der Waals surface area (Å²) in [6.45, 7) is 1.50. The molecule has 0 unspecified atom stereocenters. The highest BCUT2D eigenvalue weighted by Crippen LogP contribution is 2.34. The normalized spacial score (nSPS) is 14.7. The van der Waals surface area contributed by atoms with Gasteiger partial charge in [0.25, 0.3) is 5.89 Å². The van der Waals surface area contributed by atoms with Crippen LogP contribution in [-0.2, 0) is 0 Å². The van der Waals surface area contributed by atoms with E-state index in [2.05, 4.69) is 9.88 Å². The molecule has 2 aromatic rings. The van der Waals surface area contributed by atoms with E-state index in [1.54, 1.807) is 6.07 Å². The zero-order chi connectivity index (χ0) is 11.1. The molecule has 0 atom stereocenters. The summed E-state index contributed by atoms with van der Waals surface area (Å²) in [5.74, 6) is 0.870. The van der Waals surface area contributed by atoms with Crippen molar-refractivity contribution in [1.82, 2.24) is 4.98 Å². The van der Waals surface area contributed by atoms with Gasteiger partial charge in [-0.2, -0.15) is 0 Å². The van der Waals surface area contributed by atoms with Crippen LogP contribution < -0.4 is 9.64 Å². The average molecular weight is 218 g/mol. The smallest absolute Gasteiger partial charge is 0.260 e. The number of hydrogen-bond donors (Lipinski definition) is 0. The Bertz CT molecular complexity index is 562. The summed E-state index contributed by atoms with van der Waals surface area (Å²) in [7, 11) is 1.99. The van der Waals surface area contributed by atoms with Crippen LogP contribution in [0.2, 0.25) is 0 Å². The van der Waals surface area contributed by atoms with Crippen LogP contribution in [0.3, 0.4) is 0 Å². The Kier molecular flexibility index (Phi) is 1.86. The number of benzene rings is 1. The number of anilines is 1. The van der Waals surface area contributed by atoms with Crippen LogP contribution in [-0.4, -0.2) is 31.5 Å². The summed E-state index contributed by atoms with van der Waals surface area (Å²) in [6, 6.07) is 3.65. The topological polar surface area (TPSA) is 55.6 Å². The fraction of sp³-hybridized carbons (Fsp3) is 0.273. The quantitative estimate of drug-likeness (QED) is 0.678. The van der Waals surface area contributed by atoms with Gasteiger partial charge >= 0.3 is 0 Å². The molecule has 0 saturated heterocycles. The second kappa shape index (κ2) is 3.23. The summed E-state index contributed by atoms with van der Waals surface area (Å²) in [4.78, 5) is 16.7. The summed E-state index contributed by atoms with van der Waals surface area (Å²) in [5.41, 5.74) is 2.24. The van der Waals surface area contributed by atoms with Gasteiger partial charge in [0, 0.05) is 13.1 Å². The Morgan fingerprint density at radius 2 is 2.38 bits per heavy atom. The Morgan fingerprint density at radius 1 is 1.50 bits per heavy atom. The molecule has 0 fully saturated rings. The summed E-state index contributed by atoms with van der Waals surface area (Å²) in [5, 5.41) is 0. The molecule has 16 heavy (non-hydrogen) atoms. The minimum atomic E-state index is 0.0972. The van der Waals surface area contributed by atoms with E-state index in [0.717, 1.165) is 18.0 Å². The molecule has 2 heterocycles. The average Bonchev–Trinajstić information content (AvgIpc) is 2.69. The second-order valence-electron chi connectivity index (χ2n) is 3.73. The van der Waals surface area contributed by atoms with Gasteiger partial charge in [-0.3, -0.25) is 4.79 Å². The molecule has 82 valence electrons. The fourth-order valence-electron chi connectivity index (χ4n) is 1.84. The van der Waals surface area contributed by atoms with Crippen LogP contribution in [0.1, 0.15) is 10.7 Å². The lowest BCUT2D eigenvalue weighted by molar-refractivity contribution is 0.109. The monoisotopic (exact) mass is 218 g/mol. The van der Waals surface area contributed by atoms with E-state index in [9.17, 15) is 4.79 Å². The second-order valence-corrected chi connectivity index (χ2v) is 3.73. The van der Waals surface area contributed by atoms with Gasteiger partial charge in [-0.15, -0.1) is 0 Å². The lowest BCUT2D eigenvalue weighted by Gasteiger charge is -2.27. The van der Waals surface area contributed by atoms with Gasteiger partial charge < -0.3 is 14.1 Å². The van der Waals surface area contributed by atoms with Gasteiger partial charge in [0.15, 0.2) is 5.58 Å². The molecule has 0 bridgehead atoms. The van der Waals surface area contributed by atoms with Crippen molar-refractivity contribution in [1.29, 1.82) is 0 Å². The molecule has 1 aromatic carbocycles. The molecular formula is C11H10N2O3.